The van der Waals surface area contributed by atoms with Gasteiger partial charge in [-0.05, 0) is 42.8 Å². The van der Waals surface area contributed by atoms with Crippen molar-refractivity contribution >= 4 is 17.5 Å². The Morgan fingerprint density at radius 3 is 2.46 bits per heavy atom. The third-order valence-corrected chi connectivity index (χ3v) is 5.98. The van der Waals surface area contributed by atoms with E-state index in [1.807, 2.05) is 6.92 Å². The van der Waals surface area contributed by atoms with Gasteiger partial charge in [-0.25, -0.2) is 22.7 Å². The number of anilines is 1. The minimum atomic E-state index is -3.22. The predicted molar refractivity (Wildman–Crippen MR) is 130 cm³/mol. The number of primary amides is 1. The topological polar surface area (TPSA) is 130 Å². The van der Waals surface area contributed by atoms with E-state index >= 15 is 0 Å². The molecular formula is C25H21F3N8O. The molecule has 1 atom stereocenters. The first-order chi connectivity index (χ1) is 17.5. The van der Waals surface area contributed by atoms with Gasteiger partial charge in [0, 0.05) is 41.6 Å². The molecule has 0 bridgehead atoms. The number of carbonyl (C=O) groups excluding carboxylic acids is 1. The second-order valence-corrected chi connectivity index (χ2v) is 8.70. The van der Waals surface area contributed by atoms with Crippen LogP contribution in [-0.4, -0.2) is 41.2 Å². The van der Waals surface area contributed by atoms with Crippen LogP contribution in [0.5, 0.6) is 0 Å². The Kier molecular flexibility index (Phi) is 5.66. The minimum absolute atomic E-state index is 0.107. The standard InChI is InChI=1S/C25H21F3N8O/c1-13-18(7-8-35-23(13)33-24(30)34-35)20-10-15(22(29)37)9-19(32-20)16-11-31-36(12-16)21(25(2,27)28)14-3-5-17(26)6-4-14/h3-12,21H,1-2H3,(H2,29,37)(H2,30,34)/t21-/m1/s1. The van der Waals surface area contributed by atoms with Gasteiger partial charge in [0.2, 0.25) is 11.9 Å². The Morgan fingerprint density at radius 2 is 1.78 bits per heavy atom. The van der Waals surface area contributed by atoms with Gasteiger partial charge in [0.1, 0.15) is 11.9 Å². The molecule has 1 amide bonds. The van der Waals surface area contributed by atoms with Crippen LogP contribution in [0, 0.1) is 12.7 Å². The Bertz CT molecular complexity index is 1640. The summed E-state index contributed by atoms with van der Waals surface area (Å²) in [7, 11) is 0. The van der Waals surface area contributed by atoms with Crippen LogP contribution in [-0.2, 0) is 0 Å². The molecule has 5 rings (SSSR count). The summed E-state index contributed by atoms with van der Waals surface area (Å²) in [6, 6.07) is 8.07. The van der Waals surface area contributed by atoms with E-state index in [1.165, 1.54) is 41.2 Å². The summed E-state index contributed by atoms with van der Waals surface area (Å²) in [6.07, 6.45) is 4.43. The smallest absolute Gasteiger partial charge is 0.271 e. The number of hydrogen-bond acceptors (Lipinski definition) is 6. The number of fused-ring (bicyclic) bond motifs is 1. The highest BCUT2D eigenvalue weighted by molar-refractivity contribution is 5.95. The van der Waals surface area contributed by atoms with Crippen LogP contribution < -0.4 is 11.5 Å². The molecule has 4 heterocycles. The molecule has 4 N–H and O–H groups in total. The number of hydrogen-bond donors (Lipinski definition) is 2. The number of aryl methyl sites for hydroxylation is 1. The van der Waals surface area contributed by atoms with E-state index in [4.69, 9.17) is 11.5 Å². The SMILES string of the molecule is Cc1c(-c2cc(C(N)=O)cc(-c3cnn([C@H](c4ccc(F)cc4)C(C)(F)F)c3)n2)ccn2nc(N)nc12. The molecule has 0 aliphatic rings. The van der Waals surface area contributed by atoms with Crippen molar-refractivity contribution in [1.29, 1.82) is 0 Å². The highest BCUT2D eigenvalue weighted by Gasteiger charge is 2.37. The minimum Gasteiger partial charge on any atom is -0.366 e. The summed E-state index contributed by atoms with van der Waals surface area (Å²) in [5.74, 6) is -4.34. The molecule has 0 saturated heterocycles. The average molecular weight is 506 g/mol. The Labute approximate surface area is 208 Å². The predicted octanol–water partition coefficient (Wildman–Crippen LogP) is 4.03. The molecule has 188 valence electrons. The third kappa shape index (κ3) is 4.48. The first-order valence-corrected chi connectivity index (χ1v) is 11.1. The van der Waals surface area contributed by atoms with Gasteiger partial charge in [-0.1, -0.05) is 12.1 Å². The fraction of sp³-hybridized carbons (Fsp3) is 0.160. The molecule has 0 fully saturated rings. The first kappa shape index (κ1) is 24.0. The number of nitrogens with zero attached hydrogens (tertiary/aromatic N) is 6. The summed E-state index contributed by atoms with van der Waals surface area (Å²) >= 11 is 0. The Morgan fingerprint density at radius 1 is 1.08 bits per heavy atom. The number of benzene rings is 1. The Balaban J connectivity index is 1.62. The number of amides is 1. The number of rotatable bonds is 6. The van der Waals surface area contributed by atoms with Crippen LogP contribution >= 0.6 is 0 Å². The van der Waals surface area contributed by atoms with Crippen LogP contribution in [0.1, 0.15) is 34.5 Å². The fourth-order valence-electron chi connectivity index (χ4n) is 4.26. The molecule has 9 nitrogen and oxygen atoms in total. The molecule has 37 heavy (non-hydrogen) atoms. The molecule has 0 radical (unpaired) electrons. The molecule has 0 aliphatic carbocycles. The van der Waals surface area contributed by atoms with E-state index in [2.05, 4.69) is 20.2 Å². The zero-order valence-electron chi connectivity index (χ0n) is 19.7. The number of carbonyl (C=O) groups is 1. The summed E-state index contributed by atoms with van der Waals surface area (Å²) in [4.78, 5) is 21.0. The van der Waals surface area contributed by atoms with Crippen molar-refractivity contribution in [3.63, 3.8) is 0 Å². The monoisotopic (exact) mass is 506 g/mol. The largest absolute Gasteiger partial charge is 0.366 e. The molecule has 12 heteroatoms. The number of pyridine rings is 2. The lowest BCUT2D eigenvalue weighted by Crippen LogP contribution is -2.29. The van der Waals surface area contributed by atoms with E-state index in [0.717, 1.165) is 23.7 Å². The molecule has 0 spiro atoms. The van der Waals surface area contributed by atoms with Gasteiger partial charge in [-0.2, -0.15) is 10.1 Å². The molecule has 0 unspecified atom stereocenters. The van der Waals surface area contributed by atoms with Gasteiger partial charge in [0.05, 0.1) is 17.6 Å². The summed E-state index contributed by atoms with van der Waals surface area (Å²) in [5.41, 5.74) is 14.6. The number of alkyl halides is 2. The molecule has 4 aromatic heterocycles. The summed E-state index contributed by atoms with van der Waals surface area (Å²) in [6.45, 7) is 2.58. The van der Waals surface area contributed by atoms with Gasteiger partial charge in [-0.15, -0.1) is 5.10 Å². The fourth-order valence-corrected chi connectivity index (χ4v) is 4.26. The average Bonchev–Trinajstić information content (AvgIpc) is 3.46. The summed E-state index contributed by atoms with van der Waals surface area (Å²) < 4.78 is 45.3. The lowest BCUT2D eigenvalue weighted by atomic mass is 10.0. The van der Waals surface area contributed by atoms with Gasteiger partial charge in [-0.3, -0.25) is 9.48 Å². The van der Waals surface area contributed by atoms with Crippen molar-refractivity contribution < 1.29 is 18.0 Å². The normalized spacial score (nSPS) is 12.7. The molecule has 5 aromatic rings. The van der Waals surface area contributed by atoms with Gasteiger partial charge < -0.3 is 11.5 Å². The van der Waals surface area contributed by atoms with E-state index in [1.54, 1.807) is 12.3 Å². The zero-order valence-corrected chi connectivity index (χ0v) is 19.7. The van der Waals surface area contributed by atoms with Gasteiger partial charge in [0.25, 0.3) is 5.92 Å². The molecule has 0 aliphatic heterocycles. The van der Waals surface area contributed by atoms with Crippen molar-refractivity contribution in [3.05, 3.63) is 83.6 Å². The van der Waals surface area contributed by atoms with E-state index in [-0.39, 0.29) is 17.1 Å². The lowest BCUT2D eigenvalue weighted by Gasteiger charge is -2.24. The molecule has 1 aromatic carbocycles. The van der Waals surface area contributed by atoms with Gasteiger partial charge in [0.15, 0.2) is 5.65 Å². The van der Waals surface area contributed by atoms with Crippen LogP contribution in [0.4, 0.5) is 19.1 Å². The first-order valence-electron chi connectivity index (χ1n) is 11.1. The number of nitrogen functional groups attached to an aromatic ring is 1. The maximum absolute atomic E-state index is 14.6. The van der Waals surface area contributed by atoms with Crippen molar-refractivity contribution in [2.24, 2.45) is 5.73 Å². The van der Waals surface area contributed by atoms with Crippen LogP contribution in [0.15, 0.2) is 61.1 Å². The highest BCUT2D eigenvalue weighted by atomic mass is 19.3. The Hall–Kier alpha value is -4.74. The highest BCUT2D eigenvalue weighted by Crippen LogP contribution is 2.36. The molecule has 0 saturated carbocycles. The van der Waals surface area contributed by atoms with Crippen LogP contribution in [0.25, 0.3) is 28.2 Å². The van der Waals surface area contributed by atoms with Crippen molar-refractivity contribution in [1.82, 2.24) is 29.4 Å². The van der Waals surface area contributed by atoms with Crippen LogP contribution in [0.2, 0.25) is 0 Å². The number of halogens is 3. The van der Waals surface area contributed by atoms with Crippen molar-refractivity contribution in [3.8, 4) is 22.5 Å². The number of aromatic nitrogens is 6. The second-order valence-electron chi connectivity index (χ2n) is 8.70. The molecular weight excluding hydrogens is 485 g/mol. The second kappa shape index (κ2) is 8.73. The summed E-state index contributed by atoms with van der Waals surface area (Å²) in [5, 5.41) is 8.23. The van der Waals surface area contributed by atoms with Crippen molar-refractivity contribution in [2.45, 2.75) is 25.8 Å². The van der Waals surface area contributed by atoms with E-state index in [9.17, 15) is 18.0 Å². The van der Waals surface area contributed by atoms with Gasteiger partial charge >= 0.3 is 0 Å². The lowest BCUT2D eigenvalue weighted by molar-refractivity contribution is -0.0217. The van der Waals surface area contributed by atoms with E-state index in [0.29, 0.717) is 33.7 Å². The van der Waals surface area contributed by atoms with Crippen molar-refractivity contribution in [2.75, 3.05) is 5.73 Å². The quantitative estimate of drug-likeness (QED) is 0.358. The maximum Gasteiger partial charge on any atom is 0.271 e. The third-order valence-electron chi connectivity index (χ3n) is 5.98. The maximum atomic E-state index is 14.6. The van der Waals surface area contributed by atoms with E-state index < -0.39 is 23.7 Å². The van der Waals surface area contributed by atoms with Crippen LogP contribution in [0.3, 0.4) is 0 Å². The number of nitrogens with two attached hydrogens (primary N) is 2. The zero-order chi connectivity index (χ0) is 26.5.